The number of rotatable bonds is 8. The van der Waals surface area contributed by atoms with Crippen LogP contribution >= 0.6 is 0 Å². The molecule has 2 aromatic carbocycles. The normalized spacial score (nSPS) is 10.7. The summed E-state index contributed by atoms with van der Waals surface area (Å²) in [5.41, 5.74) is 7.74. The molecule has 1 heterocycles. The molecule has 7 heteroatoms. The molecule has 0 aliphatic rings. The summed E-state index contributed by atoms with van der Waals surface area (Å²) in [5.74, 6) is -1.00. The number of benzene rings is 2. The van der Waals surface area contributed by atoms with E-state index in [2.05, 4.69) is 27.8 Å². The number of aromatic nitrogens is 1. The molecule has 28 heavy (non-hydrogen) atoms. The highest BCUT2D eigenvalue weighted by Gasteiger charge is 2.09. The van der Waals surface area contributed by atoms with Crippen LogP contribution in [0.3, 0.4) is 0 Å². The molecule has 5 N–H and O–H groups in total. The van der Waals surface area contributed by atoms with Crippen molar-refractivity contribution < 1.29 is 9.59 Å². The van der Waals surface area contributed by atoms with Crippen molar-refractivity contribution in [3.8, 4) is 0 Å². The zero-order valence-corrected chi connectivity index (χ0v) is 15.3. The monoisotopic (exact) mass is 378 g/mol. The maximum atomic E-state index is 12.3. The summed E-state index contributed by atoms with van der Waals surface area (Å²) in [6, 6.07) is 16.8. The summed E-state index contributed by atoms with van der Waals surface area (Å²) in [6.07, 6.45) is 0.872. The van der Waals surface area contributed by atoms with Gasteiger partial charge in [0.2, 0.25) is 5.91 Å². The van der Waals surface area contributed by atoms with Crippen molar-refractivity contribution in [2.45, 2.75) is 13.0 Å². The summed E-state index contributed by atoms with van der Waals surface area (Å²) in [7, 11) is 0. The Labute approximate surface area is 162 Å². The van der Waals surface area contributed by atoms with Crippen molar-refractivity contribution in [3.05, 3.63) is 81.6 Å². The largest absolute Gasteiger partial charge is 0.368 e. The number of H-pyrrole nitrogens is 1. The molecule has 0 radical (unpaired) electrons. The van der Waals surface area contributed by atoms with Crippen molar-refractivity contribution in [2.75, 3.05) is 13.1 Å². The van der Waals surface area contributed by atoms with Crippen LogP contribution in [0.1, 0.15) is 21.5 Å². The Bertz CT molecular complexity index is 1040. The van der Waals surface area contributed by atoms with Gasteiger partial charge in [-0.05, 0) is 48.2 Å². The van der Waals surface area contributed by atoms with Gasteiger partial charge in [-0.15, -0.1) is 0 Å². The molecule has 0 unspecified atom stereocenters. The number of pyridine rings is 1. The quantitative estimate of drug-likeness (QED) is 0.439. The number of carbonyl (C=O) groups is 2. The second kappa shape index (κ2) is 8.96. The van der Waals surface area contributed by atoms with Crippen LogP contribution in [-0.2, 0) is 17.8 Å². The lowest BCUT2D eigenvalue weighted by atomic mass is 10.1. The SMILES string of the molecule is NC(=O)CNC(=O)c1ccc2[nH]c(=O)c(CNCCc3ccccc3)cc2c1. The van der Waals surface area contributed by atoms with E-state index in [0.717, 1.165) is 18.4 Å². The van der Waals surface area contributed by atoms with Gasteiger partial charge in [0.05, 0.1) is 6.54 Å². The van der Waals surface area contributed by atoms with E-state index in [1.165, 1.54) is 5.56 Å². The predicted octanol–water partition coefficient (Wildman–Crippen LogP) is 1.08. The van der Waals surface area contributed by atoms with E-state index in [1.807, 2.05) is 18.2 Å². The van der Waals surface area contributed by atoms with Gasteiger partial charge in [-0.1, -0.05) is 30.3 Å². The summed E-state index contributed by atoms with van der Waals surface area (Å²) in [5, 5.41) is 6.47. The molecule has 1 aromatic heterocycles. The zero-order chi connectivity index (χ0) is 19.9. The Kier molecular flexibility index (Phi) is 6.18. The predicted molar refractivity (Wildman–Crippen MR) is 108 cm³/mol. The molecule has 0 atom stereocenters. The lowest BCUT2D eigenvalue weighted by Gasteiger charge is -2.08. The Balaban J connectivity index is 1.68. The Morgan fingerprint density at radius 1 is 1.04 bits per heavy atom. The number of primary amides is 1. The van der Waals surface area contributed by atoms with E-state index in [-0.39, 0.29) is 12.1 Å². The number of nitrogens with one attached hydrogen (secondary N) is 3. The highest BCUT2D eigenvalue weighted by Crippen LogP contribution is 2.14. The van der Waals surface area contributed by atoms with Gasteiger partial charge in [-0.25, -0.2) is 0 Å². The second-order valence-electron chi connectivity index (χ2n) is 6.49. The van der Waals surface area contributed by atoms with Gasteiger partial charge in [0.1, 0.15) is 0 Å². The van der Waals surface area contributed by atoms with E-state index in [0.29, 0.717) is 23.2 Å². The van der Waals surface area contributed by atoms with Crippen LogP contribution in [0.2, 0.25) is 0 Å². The van der Waals surface area contributed by atoms with Gasteiger partial charge < -0.3 is 21.4 Å². The van der Waals surface area contributed by atoms with Crippen LogP contribution < -0.4 is 21.9 Å². The molecule has 7 nitrogen and oxygen atoms in total. The average molecular weight is 378 g/mol. The van der Waals surface area contributed by atoms with E-state index >= 15 is 0 Å². The van der Waals surface area contributed by atoms with E-state index in [9.17, 15) is 14.4 Å². The summed E-state index contributed by atoms with van der Waals surface area (Å²) in [6.45, 7) is 0.951. The van der Waals surface area contributed by atoms with Crippen molar-refractivity contribution in [1.82, 2.24) is 15.6 Å². The van der Waals surface area contributed by atoms with Gasteiger partial charge in [0, 0.05) is 23.2 Å². The van der Waals surface area contributed by atoms with Crippen LogP contribution in [0, 0.1) is 0 Å². The minimum absolute atomic E-state index is 0.161. The first-order valence-electron chi connectivity index (χ1n) is 9.00. The molecule has 2 amide bonds. The molecular formula is C21H22N4O3. The molecule has 3 rings (SSSR count). The van der Waals surface area contributed by atoms with Gasteiger partial charge in [-0.3, -0.25) is 14.4 Å². The van der Waals surface area contributed by atoms with Crippen molar-refractivity contribution in [2.24, 2.45) is 5.73 Å². The highest BCUT2D eigenvalue weighted by molar-refractivity contribution is 5.99. The van der Waals surface area contributed by atoms with Crippen molar-refractivity contribution in [3.63, 3.8) is 0 Å². The number of hydrogen-bond donors (Lipinski definition) is 4. The fourth-order valence-electron chi connectivity index (χ4n) is 2.89. The second-order valence-corrected chi connectivity index (χ2v) is 6.49. The van der Waals surface area contributed by atoms with Crippen LogP contribution in [0.4, 0.5) is 0 Å². The minimum atomic E-state index is -0.609. The molecule has 0 aliphatic carbocycles. The van der Waals surface area contributed by atoms with Crippen LogP contribution in [0.5, 0.6) is 0 Å². The lowest BCUT2D eigenvalue weighted by molar-refractivity contribution is -0.117. The Morgan fingerprint density at radius 2 is 1.82 bits per heavy atom. The topological polar surface area (TPSA) is 117 Å². The maximum Gasteiger partial charge on any atom is 0.252 e. The molecule has 0 bridgehead atoms. The van der Waals surface area contributed by atoms with Crippen LogP contribution in [0.25, 0.3) is 10.9 Å². The summed E-state index contributed by atoms with van der Waals surface area (Å²) in [4.78, 5) is 38.0. The van der Waals surface area contributed by atoms with E-state index < -0.39 is 11.8 Å². The van der Waals surface area contributed by atoms with Gasteiger partial charge in [0.25, 0.3) is 11.5 Å². The maximum absolute atomic E-state index is 12.3. The highest BCUT2D eigenvalue weighted by atomic mass is 16.2. The number of amides is 2. The fourth-order valence-corrected chi connectivity index (χ4v) is 2.89. The van der Waals surface area contributed by atoms with Crippen LogP contribution in [0.15, 0.2) is 59.4 Å². The third-order valence-electron chi connectivity index (χ3n) is 4.36. The van der Waals surface area contributed by atoms with Gasteiger partial charge in [-0.2, -0.15) is 0 Å². The molecule has 144 valence electrons. The van der Waals surface area contributed by atoms with Gasteiger partial charge >= 0.3 is 0 Å². The Hall–Kier alpha value is -3.45. The molecule has 0 spiro atoms. The first kappa shape index (κ1) is 19.3. The number of nitrogens with two attached hydrogens (primary N) is 1. The third-order valence-corrected chi connectivity index (χ3v) is 4.36. The molecular weight excluding hydrogens is 356 g/mol. The van der Waals surface area contributed by atoms with Crippen molar-refractivity contribution in [1.29, 1.82) is 0 Å². The third kappa shape index (κ3) is 5.05. The van der Waals surface area contributed by atoms with Gasteiger partial charge in [0.15, 0.2) is 0 Å². The zero-order valence-electron chi connectivity index (χ0n) is 15.3. The first-order valence-corrected chi connectivity index (χ1v) is 9.00. The molecule has 0 aliphatic heterocycles. The molecule has 0 saturated carbocycles. The van der Waals surface area contributed by atoms with E-state index in [1.54, 1.807) is 24.3 Å². The standard InChI is InChI=1S/C21H22N4O3/c22-19(26)13-24-20(27)15-6-7-18-16(10-15)11-17(21(28)25-18)12-23-9-8-14-4-2-1-3-5-14/h1-7,10-11,23H,8-9,12-13H2,(H2,22,26)(H,24,27)(H,25,28). The van der Waals surface area contributed by atoms with E-state index in [4.69, 9.17) is 5.73 Å². The minimum Gasteiger partial charge on any atom is -0.368 e. The molecule has 0 saturated heterocycles. The first-order chi connectivity index (χ1) is 13.5. The Morgan fingerprint density at radius 3 is 2.57 bits per heavy atom. The average Bonchev–Trinajstić information content (AvgIpc) is 2.70. The lowest BCUT2D eigenvalue weighted by Crippen LogP contribution is -2.33. The number of carbonyl (C=O) groups excluding carboxylic acids is 2. The molecule has 0 fully saturated rings. The number of hydrogen-bond acceptors (Lipinski definition) is 4. The van der Waals surface area contributed by atoms with Crippen molar-refractivity contribution >= 4 is 22.7 Å². The van der Waals surface area contributed by atoms with Crippen LogP contribution in [-0.4, -0.2) is 29.9 Å². The number of aromatic amines is 1. The molecule has 3 aromatic rings. The smallest absolute Gasteiger partial charge is 0.252 e. The summed E-state index contributed by atoms with van der Waals surface area (Å²) < 4.78 is 0. The number of fused-ring (bicyclic) bond motifs is 1. The fraction of sp³-hybridized carbons (Fsp3) is 0.190. The summed E-state index contributed by atoms with van der Waals surface area (Å²) >= 11 is 0.